The van der Waals surface area contributed by atoms with Crippen LogP contribution in [-0.2, 0) is 5.75 Å². The molecule has 1 N–H and O–H groups in total. The summed E-state index contributed by atoms with van der Waals surface area (Å²) in [6.07, 6.45) is 3.70. The van der Waals surface area contributed by atoms with Crippen LogP contribution in [0.2, 0.25) is 0 Å². The number of aromatic amines is 1. The Balaban J connectivity index is 1.39. The first-order chi connectivity index (χ1) is 12.8. The van der Waals surface area contributed by atoms with Gasteiger partial charge in [-0.25, -0.2) is 9.67 Å². The maximum absolute atomic E-state index is 5.17. The minimum atomic E-state index is 0.729. The predicted octanol–water partition coefficient (Wildman–Crippen LogP) is 3.96. The van der Waals surface area contributed by atoms with Crippen molar-refractivity contribution in [2.24, 2.45) is 0 Å². The van der Waals surface area contributed by atoms with Crippen LogP contribution in [0, 0.1) is 0 Å². The van der Waals surface area contributed by atoms with E-state index in [1.165, 1.54) is 5.56 Å². The third-order valence-corrected chi connectivity index (χ3v) is 4.82. The summed E-state index contributed by atoms with van der Waals surface area (Å²) in [5.41, 5.74) is 3.24. The van der Waals surface area contributed by atoms with E-state index in [4.69, 9.17) is 4.74 Å². The number of benzene rings is 2. The van der Waals surface area contributed by atoms with Crippen LogP contribution in [-0.4, -0.2) is 32.1 Å². The Morgan fingerprint density at radius 1 is 1.08 bits per heavy atom. The second kappa shape index (κ2) is 7.45. The van der Waals surface area contributed by atoms with Crippen molar-refractivity contribution in [3.8, 4) is 22.8 Å². The molecule has 6 nitrogen and oxygen atoms in total. The molecule has 0 aliphatic heterocycles. The fraction of sp³-hybridized carbons (Fsp3) is 0.105. The molecule has 0 spiro atoms. The summed E-state index contributed by atoms with van der Waals surface area (Å²) in [4.78, 5) is 4.55. The topological polar surface area (TPSA) is 68.6 Å². The minimum Gasteiger partial charge on any atom is -0.497 e. The number of H-pyrrole nitrogens is 1. The fourth-order valence-corrected chi connectivity index (χ4v) is 3.26. The Hall–Kier alpha value is -3.06. The van der Waals surface area contributed by atoms with E-state index in [1.807, 2.05) is 41.2 Å². The van der Waals surface area contributed by atoms with Crippen LogP contribution in [0.4, 0.5) is 0 Å². The normalized spacial score (nSPS) is 10.8. The number of thioether (sulfide) groups is 1. The number of hydrogen-bond donors (Lipinski definition) is 1. The van der Waals surface area contributed by atoms with Gasteiger partial charge in [-0.1, -0.05) is 23.9 Å². The molecular formula is C19H17N5OS. The molecule has 0 radical (unpaired) electrons. The molecule has 0 saturated carbocycles. The Morgan fingerprint density at radius 3 is 2.58 bits per heavy atom. The number of rotatable bonds is 6. The molecule has 0 aliphatic rings. The number of nitrogens with one attached hydrogen (secondary N) is 1. The number of nitrogens with zero attached hydrogens (tertiary/aromatic N) is 4. The van der Waals surface area contributed by atoms with Crippen LogP contribution < -0.4 is 4.74 Å². The quantitative estimate of drug-likeness (QED) is 0.525. The Morgan fingerprint density at radius 2 is 1.88 bits per heavy atom. The summed E-state index contributed by atoms with van der Waals surface area (Å²) in [6.45, 7) is 0. The molecule has 2 aromatic heterocycles. The summed E-state index contributed by atoms with van der Waals surface area (Å²) in [7, 11) is 1.65. The van der Waals surface area contributed by atoms with Gasteiger partial charge in [0.25, 0.3) is 0 Å². The van der Waals surface area contributed by atoms with E-state index < -0.39 is 0 Å². The van der Waals surface area contributed by atoms with Gasteiger partial charge in [0.1, 0.15) is 5.75 Å². The van der Waals surface area contributed by atoms with Gasteiger partial charge >= 0.3 is 0 Å². The van der Waals surface area contributed by atoms with Gasteiger partial charge in [0, 0.05) is 23.7 Å². The van der Waals surface area contributed by atoms with E-state index >= 15 is 0 Å². The van der Waals surface area contributed by atoms with Crippen molar-refractivity contribution < 1.29 is 4.74 Å². The molecule has 0 bridgehead atoms. The molecule has 4 aromatic rings. The highest BCUT2D eigenvalue weighted by Crippen LogP contribution is 2.24. The average Bonchev–Trinajstić information content (AvgIpc) is 3.39. The van der Waals surface area contributed by atoms with Gasteiger partial charge in [-0.2, -0.15) is 5.10 Å². The zero-order chi connectivity index (χ0) is 17.8. The maximum atomic E-state index is 5.17. The van der Waals surface area contributed by atoms with Crippen molar-refractivity contribution in [3.63, 3.8) is 0 Å². The molecule has 2 aromatic carbocycles. The Labute approximate surface area is 155 Å². The third kappa shape index (κ3) is 3.62. The van der Waals surface area contributed by atoms with Crippen molar-refractivity contribution >= 4 is 11.8 Å². The first kappa shape index (κ1) is 16.4. The highest BCUT2D eigenvalue weighted by Gasteiger charge is 2.07. The maximum Gasteiger partial charge on any atom is 0.209 e. The molecule has 0 aliphatic carbocycles. The molecule has 26 heavy (non-hydrogen) atoms. The van der Waals surface area contributed by atoms with Crippen LogP contribution >= 0.6 is 11.8 Å². The van der Waals surface area contributed by atoms with Gasteiger partial charge in [-0.05, 0) is 48.0 Å². The average molecular weight is 363 g/mol. The Bertz CT molecular complexity index is 962. The summed E-state index contributed by atoms with van der Waals surface area (Å²) in [5, 5.41) is 12.2. The number of hydrogen-bond acceptors (Lipinski definition) is 5. The molecule has 130 valence electrons. The van der Waals surface area contributed by atoms with Gasteiger partial charge in [0.2, 0.25) is 5.16 Å². The van der Waals surface area contributed by atoms with E-state index in [1.54, 1.807) is 25.1 Å². The van der Waals surface area contributed by atoms with E-state index in [-0.39, 0.29) is 0 Å². The highest BCUT2D eigenvalue weighted by molar-refractivity contribution is 7.98. The van der Waals surface area contributed by atoms with E-state index in [9.17, 15) is 0 Å². The van der Waals surface area contributed by atoms with Crippen molar-refractivity contribution in [1.82, 2.24) is 25.0 Å². The SMILES string of the molecule is COc1ccc(-c2nc(SCc3ccc(-n4cccn4)cc3)n[nH]2)cc1. The minimum absolute atomic E-state index is 0.729. The van der Waals surface area contributed by atoms with Crippen molar-refractivity contribution in [3.05, 3.63) is 72.6 Å². The molecule has 7 heteroatoms. The second-order valence-electron chi connectivity index (χ2n) is 5.60. The predicted molar refractivity (Wildman–Crippen MR) is 101 cm³/mol. The number of ether oxygens (including phenoxy) is 1. The number of methoxy groups -OCH3 is 1. The first-order valence-electron chi connectivity index (χ1n) is 8.10. The van der Waals surface area contributed by atoms with Crippen LogP contribution in [0.15, 0.2) is 72.1 Å². The van der Waals surface area contributed by atoms with Crippen LogP contribution in [0.25, 0.3) is 17.1 Å². The van der Waals surface area contributed by atoms with Crippen molar-refractivity contribution in [1.29, 1.82) is 0 Å². The molecule has 0 saturated heterocycles. The monoisotopic (exact) mass is 363 g/mol. The van der Waals surface area contributed by atoms with E-state index in [0.29, 0.717) is 0 Å². The second-order valence-corrected chi connectivity index (χ2v) is 6.54. The van der Waals surface area contributed by atoms with Gasteiger partial charge in [-0.3, -0.25) is 5.10 Å². The summed E-state index contributed by atoms with van der Waals surface area (Å²) >= 11 is 1.60. The van der Waals surface area contributed by atoms with Crippen LogP contribution in [0.3, 0.4) is 0 Å². The smallest absolute Gasteiger partial charge is 0.209 e. The molecule has 2 heterocycles. The lowest BCUT2D eigenvalue weighted by molar-refractivity contribution is 0.415. The standard InChI is InChI=1S/C19H17N5OS/c1-25-17-9-5-15(6-10-17)18-21-19(23-22-18)26-13-14-3-7-16(8-4-14)24-12-2-11-20-24/h2-12H,13H2,1H3,(H,21,22,23). The lowest BCUT2D eigenvalue weighted by atomic mass is 10.2. The van der Waals surface area contributed by atoms with Crippen molar-refractivity contribution in [2.45, 2.75) is 10.9 Å². The summed E-state index contributed by atoms with van der Waals surface area (Å²) in [5.74, 6) is 2.38. The van der Waals surface area contributed by atoms with Gasteiger partial charge in [0.05, 0.1) is 12.8 Å². The lowest BCUT2D eigenvalue weighted by Crippen LogP contribution is -1.94. The largest absolute Gasteiger partial charge is 0.497 e. The van der Waals surface area contributed by atoms with Crippen LogP contribution in [0.5, 0.6) is 5.75 Å². The number of aromatic nitrogens is 5. The summed E-state index contributed by atoms with van der Waals surface area (Å²) in [6, 6.07) is 18.0. The molecular weight excluding hydrogens is 346 g/mol. The van der Waals surface area contributed by atoms with Crippen LogP contribution in [0.1, 0.15) is 5.56 Å². The zero-order valence-electron chi connectivity index (χ0n) is 14.2. The van der Waals surface area contributed by atoms with Crippen molar-refractivity contribution in [2.75, 3.05) is 7.11 Å². The summed E-state index contributed by atoms with van der Waals surface area (Å²) < 4.78 is 7.01. The van der Waals surface area contributed by atoms with E-state index in [0.717, 1.165) is 33.7 Å². The lowest BCUT2D eigenvalue weighted by Gasteiger charge is -2.03. The third-order valence-electron chi connectivity index (χ3n) is 3.90. The molecule has 0 fully saturated rings. The first-order valence-corrected chi connectivity index (χ1v) is 9.09. The zero-order valence-corrected chi connectivity index (χ0v) is 15.0. The molecule has 4 rings (SSSR count). The molecule has 0 unspecified atom stereocenters. The molecule has 0 atom stereocenters. The Kier molecular flexibility index (Phi) is 4.70. The van der Waals surface area contributed by atoms with Gasteiger partial charge < -0.3 is 4.74 Å². The highest BCUT2D eigenvalue weighted by atomic mass is 32.2. The van der Waals surface area contributed by atoms with E-state index in [2.05, 4.69) is 44.5 Å². The van der Waals surface area contributed by atoms with Gasteiger partial charge in [-0.15, -0.1) is 5.10 Å². The molecule has 0 amide bonds. The fourth-order valence-electron chi connectivity index (χ4n) is 2.50. The van der Waals surface area contributed by atoms with Gasteiger partial charge in [0.15, 0.2) is 5.82 Å².